The minimum Gasteiger partial charge on any atom is -0.378 e. The largest absolute Gasteiger partial charge is 0.378 e. The monoisotopic (exact) mass is 236 g/mol. The molecule has 3 fully saturated rings. The summed E-state index contributed by atoms with van der Waals surface area (Å²) in [6.45, 7) is 9.72. The minimum absolute atomic E-state index is 0.191. The van der Waals surface area contributed by atoms with Crippen molar-refractivity contribution in [3.8, 4) is 0 Å². The molecule has 3 rings (SSSR count). The maximum Gasteiger partial charge on any atom is 0.0687 e. The van der Waals surface area contributed by atoms with E-state index >= 15 is 0 Å². The maximum absolute atomic E-state index is 5.92. The summed E-state index contributed by atoms with van der Waals surface area (Å²) in [4.78, 5) is 0. The molecule has 1 nitrogen and oxygen atoms in total. The van der Waals surface area contributed by atoms with E-state index in [9.17, 15) is 0 Å². The summed E-state index contributed by atoms with van der Waals surface area (Å²) in [6.07, 6.45) is 5.63. The molecule has 0 aromatic carbocycles. The van der Waals surface area contributed by atoms with Crippen molar-refractivity contribution < 1.29 is 4.74 Å². The average Bonchev–Trinajstić information content (AvgIpc) is 2.89. The number of rotatable bonds is 2. The lowest BCUT2D eigenvalue weighted by Crippen LogP contribution is -2.31. The molecule has 0 radical (unpaired) electrons. The van der Waals surface area contributed by atoms with Gasteiger partial charge in [0, 0.05) is 7.11 Å². The molecular weight excluding hydrogens is 208 g/mol. The first-order valence-corrected chi connectivity index (χ1v) is 7.52. The van der Waals surface area contributed by atoms with E-state index in [1.54, 1.807) is 0 Å². The van der Waals surface area contributed by atoms with Gasteiger partial charge in [0.1, 0.15) is 0 Å². The van der Waals surface area contributed by atoms with Gasteiger partial charge in [-0.05, 0) is 67.6 Å². The molecule has 17 heavy (non-hydrogen) atoms. The van der Waals surface area contributed by atoms with Crippen LogP contribution in [0.3, 0.4) is 0 Å². The summed E-state index contributed by atoms with van der Waals surface area (Å²) < 4.78 is 5.92. The van der Waals surface area contributed by atoms with Gasteiger partial charge in [-0.3, -0.25) is 0 Å². The Bertz CT molecular complexity index is 323. The zero-order chi connectivity index (χ0) is 12.4. The number of fused-ring (bicyclic) bond motifs is 1. The number of hydrogen-bond donors (Lipinski definition) is 0. The highest BCUT2D eigenvalue weighted by atomic mass is 16.5. The molecule has 0 aliphatic heterocycles. The molecule has 6 atom stereocenters. The van der Waals surface area contributed by atoms with Gasteiger partial charge in [-0.2, -0.15) is 0 Å². The molecule has 0 saturated heterocycles. The third-order valence-electron chi connectivity index (χ3n) is 6.80. The Hall–Kier alpha value is -0.0400. The van der Waals surface area contributed by atoms with E-state index in [2.05, 4.69) is 27.7 Å². The molecule has 0 heterocycles. The van der Waals surface area contributed by atoms with Crippen LogP contribution in [0.5, 0.6) is 0 Å². The minimum atomic E-state index is 0.191. The fraction of sp³-hybridized carbons (Fsp3) is 1.00. The lowest BCUT2D eigenvalue weighted by atomic mass is 9.69. The molecule has 3 aliphatic carbocycles. The molecule has 0 bridgehead atoms. The van der Waals surface area contributed by atoms with Crippen LogP contribution in [0.25, 0.3) is 0 Å². The van der Waals surface area contributed by atoms with Gasteiger partial charge in [-0.1, -0.05) is 20.8 Å². The third-order valence-corrected chi connectivity index (χ3v) is 6.80. The SMILES string of the molecule is COC1(C)CCC23C(C)CCC(C(C)C)C2C13. The van der Waals surface area contributed by atoms with Crippen LogP contribution in [0.4, 0.5) is 0 Å². The predicted molar refractivity (Wildman–Crippen MR) is 70.8 cm³/mol. The van der Waals surface area contributed by atoms with Gasteiger partial charge < -0.3 is 4.74 Å². The second-order valence-electron chi connectivity index (χ2n) is 7.52. The van der Waals surface area contributed by atoms with Gasteiger partial charge in [0.05, 0.1) is 5.60 Å². The third kappa shape index (κ3) is 1.30. The fourth-order valence-corrected chi connectivity index (χ4v) is 5.78. The van der Waals surface area contributed by atoms with E-state index in [0.717, 1.165) is 29.6 Å². The van der Waals surface area contributed by atoms with Crippen molar-refractivity contribution >= 4 is 0 Å². The van der Waals surface area contributed by atoms with Crippen molar-refractivity contribution in [2.45, 2.75) is 59.0 Å². The number of ether oxygens (including phenoxy) is 1. The van der Waals surface area contributed by atoms with E-state index in [-0.39, 0.29) is 5.60 Å². The maximum atomic E-state index is 5.92. The van der Waals surface area contributed by atoms with Crippen LogP contribution in [0, 0.1) is 35.0 Å². The molecule has 0 aromatic heterocycles. The summed E-state index contributed by atoms with van der Waals surface area (Å²) >= 11 is 0. The van der Waals surface area contributed by atoms with Crippen LogP contribution in [0.2, 0.25) is 0 Å². The van der Waals surface area contributed by atoms with Crippen LogP contribution in [-0.4, -0.2) is 12.7 Å². The Morgan fingerprint density at radius 2 is 1.88 bits per heavy atom. The fourth-order valence-electron chi connectivity index (χ4n) is 5.78. The van der Waals surface area contributed by atoms with E-state index < -0.39 is 0 Å². The Balaban J connectivity index is 1.92. The van der Waals surface area contributed by atoms with Gasteiger partial charge in [-0.15, -0.1) is 0 Å². The lowest BCUT2D eigenvalue weighted by Gasteiger charge is -2.36. The van der Waals surface area contributed by atoms with Gasteiger partial charge in [0.25, 0.3) is 0 Å². The van der Waals surface area contributed by atoms with Crippen molar-refractivity contribution in [2.75, 3.05) is 7.11 Å². The topological polar surface area (TPSA) is 9.23 Å². The molecular formula is C16H28O. The smallest absolute Gasteiger partial charge is 0.0687 e. The molecule has 3 aliphatic rings. The second kappa shape index (κ2) is 3.50. The van der Waals surface area contributed by atoms with E-state index in [0.29, 0.717) is 5.41 Å². The van der Waals surface area contributed by atoms with Crippen LogP contribution in [0.1, 0.15) is 53.4 Å². The van der Waals surface area contributed by atoms with Crippen molar-refractivity contribution in [1.82, 2.24) is 0 Å². The Morgan fingerprint density at radius 1 is 1.18 bits per heavy atom. The van der Waals surface area contributed by atoms with E-state index in [1.807, 2.05) is 7.11 Å². The van der Waals surface area contributed by atoms with Gasteiger partial charge >= 0.3 is 0 Å². The molecule has 0 amide bonds. The van der Waals surface area contributed by atoms with E-state index in [1.165, 1.54) is 25.7 Å². The van der Waals surface area contributed by atoms with Crippen molar-refractivity contribution in [3.63, 3.8) is 0 Å². The van der Waals surface area contributed by atoms with E-state index in [4.69, 9.17) is 4.74 Å². The van der Waals surface area contributed by atoms with Crippen LogP contribution >= 0.6 is 0 Å². The number of methoxy groups -OCH3 is 1. The molecule has 0 aromatic rings. The summed E-state index contributed by atoms with van der Waals surface area (Å²) in [5, 5.41) is 0. The average molecular weight is 236 g/mol. The normalized spacial score (nSPS) is 56.8. The molecule has 0 N–H and O–H groups in total. The highest BCUT2D eigenvalue weighted by Crippen LogP contribution is 2.80. The molecule has 6 unspecified atom stereocenters. The summed E-state index contributed by atoms with van der Waals surface area (Å²) in [7, 11) is 1.93. The summed E-state index contributed by atoms with van der Waals surface area (Å²) in [5.74, 6) is 4.60. The quantitative estimate of drug-likeness (QED) is 0.701. The Labute approximate surface area is 106 Å². The molecule has 3 saturated carbocycles. The van der Waals surface area contributed by atoms with Crippen LogP contribution < -0.4 is 0 Å². The van der Waals surface area contributed by atoms with Crippen LogP contribution in [-0.2, 0) is 4.74 Å². The summed E-state index contributed by atoms with van der Waals surface area (Å²) in [5.41, 5.74) is 0.869. The zero-order valence-electron chi connectivity index (χ0n) is 12.1. The van der Waals surface area contributed by atoms with Crippen molar-refractivity contribution in [2.24, 2.45) is 35.0 Å². The highest BCUT2D eigenvalue weighted by molar-refractivity contribution is 5.26. The first-order chi connectivity index (χ1) is 7.97. The van der Waals surface area contributed by atoms with Gasteiger partial charge in [0.15, 0.2) is 0 Å². The standard InChI is InChI=1S/C16H28O/c1-10(2)12-7-6-11(3)16-9-8-15(4,17-5)14(16)13(12)16/h10-14H,6-9H2,1-5H3. The van der Waals surface area contributed by atoms with Gasteiger partial charge in [0.2, 0.25) is 0 Å². The lowest BCUT2D eigenvalue weighted by molar-refractivity contribution is -0.0173. The Morgan fingerprint density at radius 3 is 2.47 bits per heavy atom. The predicted octanol–water partition coefficient (Wildman–Crippen LogP) is 4.12. The first kappa shape index (κ1) is 12.0. The molecule has 1 spiro atoms. The molecule has 1 heteroatoms. The first-order valence-electron chi connectivity index (χ1n) is 7.52. The second-order valence-corrected chi connectivity index (χ2v) is 7.52. The highest BCUT2D eigenvalue weighted by Gasteiger charge is 2.78. The van der Waals surface area contributed by atoms with Crippen molar-refractivity contribution in [1.29, 1.82) is 0 Å². The zero-order valence-corrected chi connectivity index (χ0v) is 12.1. The van der Waals surface area contributed by atoms with Crippen molar-refractivity contribution in [3.05, 3.63) is 0 Å². The van der Waals surface area contributed by atoms with Gasteiger partial charge in [-0.25, -0.2) is 0 Å². The van der Waals surface area contributed by atoms with Crippen LogP contribution in [0.15, 0.2) is 0 Å². The Kier molecular flexibility index (Phi) is 2.47. The number of hydrogen-bond acceptors (Lipinski definition) is 1. The molecule has 98 valence electrons. The summed E-state index contributed by atoms with van der Waals surface area (Å²) in [6, 6.07) is 0.